The van der Waals surface area contributed by atoms with Gasteiger partial charge in [-0.15, -0.1) is 0 Å². The first kappa shape index (κ1) is 37.8. The summed E-state index contributed by atoms with van der Waals surface area (Å²) in [6, 6.07) is 19.4. The third-order valence-electron chi connectivity index (χ3n) is 7.07. The molecule has 1 amide bonds. The molecule has 0 atom stereocenters. The molecule has 0 saturated carbocycles. The van der Waals surface area contributed by atoms with Gasteiger partial charge in [-0.1, -0.05) is 54.6 Å². The van der Waals surface area contributed by atoms with Gasteiger partial charge in [0.25, 0.3) is 5.91 Å². The molecule has 0 unspecified atom stereocenters. The summed E-state index contributed by atoms with van der Waals surface area (Å²) < 4.78 is 24.5. The number of halogens is 2. The van der Waals surface area contributed by atoms with Crippen molar-refractivity contribution in [1.82, 2.24) is 20.7 Å². The third kappa shape index (κ3) is 14.1. The number of amides is 1. The van der Waals surface area contributed by atoms with Gasteiger partial charge in [0, 0.05) is 57.8 Å². The Morgan fingerprint density at radius 2 is 1.78 bits per heavy atom. The molecule has 2 N–H and O–H groups in total. The number of hydrogen-bond acceptors (Lipinski definition) is 7. The standard InChI is InChI=1S/C19H28N4O2.C15H15N.C2H4F2O/c1-4-20-15-19(25)23(10-6-5-7-11-24)22-13-16(2)12-18-14-21-9-8-17(18)3;1-12-5-4-8-15(9-12)16-10-13-6-2-3-7-14(13)11-16;1-5-2(3)4/h4,8-9,11-12,14,20,22H,1,5-7,10,13,15H2,2-3H3;2-9H,10-11H2,1H3;2H,1H3/b16-12+;;. The number of aldehydes is 1. The summed E-state index contributed by atoms with van der Waals surface area (Å²) in [5.74, 6) is -0.0589. The maximum atomic E-state index is 12.2. The molecule has 1 aliphatic heterocycles. The van der Waals surface area contributed by atoms with Gasteiger partial charge in [-0.25, -0.2) is 5.43 Å². The van der Waals surface area contributed by atoms with Crippen LogP contribution in [0.15, 0.2) is 85.3 Å². The third-order valence-corrected chi connectivity index (χ3v) is 7.07. The molecule has 0 saturated heterocycles. The molecule has 4 rings (SSSR count). The van der Waals surface area contributed by atoms with E-state index >= 15 is 0 Å². The van der Waals surface area contributed by atoms with Gasteiger partial charge >= 0.3 is 6.61 Å². The first-order valence-corrected chi connectivity index (χ1v) is 15.3. The Labute approximate surface area is 272 Å². The first-order valence-electron chi connectivity index (χ1n) is 15.3. The molecule has 1 aromatic heterocycles. The van der Waals surface area contributed by atoms with Crippen molar-refractivity contribution in [2.45, 2.75) is 59.7 Å². The number of unbranched alkanes of at least 4 members (excludes halogenated alkanes) is 2. The molecule has 46 heavy (non-hydrogen) atoms. The van der Waals surface area contributed by atoms with Crippen LogP contribution in [0.4, 0.5) is 14.5 Å². The topological polar surface area (TPSA) is 86.8 Å². The number of pyridine rings is 1. The minimum absolute atomic E-state index is 0.0589. The maximum Gasteiger partial charge on any atom is 0.345 e. The van der Waals surface area contributed by atoms with Crippen LogP contribution in [-0.2, 0) is 27.4 Å². The molecular formula is C36H47F2N5O3. The highest BCUT2D eigenvalue weighted by Crippen LogP contribution is 2.28. The van der Waals surface area contributed by atoms with Gasteiger partial charge in [0.2, 0.25) is 0 Å². The number of rotatable bonds is 14. The summed E-state index contributed by atoms with van der Waals surface area (Å²) in [4.78, 5) is 29.2. The fourth-order valence-electron chi connectivity index (χ4n) is 4.55. The van der Waals surface area contributed by atoms with Crippen LogP contribution in [0.1, 0.15) is 54.0 Å². The summed E-state index contributed by atoms with van der Waals surface area (Å²) in [7, 11) is 0.949. The minimum atomic E-state index is -2.62. The van der Waals surface area contributed by atoms with E-state index < -0.39 is 6.61 Å². The second kappa shape index (κ2) is 21.3. The number of carbonyl (C=O) groups excluding carboxylic acids is 2. The summed E-state index contributed by atoms with van der Waals surface area (Å²) in [6.45, 7) is 10.5. The Balaban J connectivity index is 0.000000296. The summed E-state index contributed by atoms with van der Waals surface area (Å²) in [5.41, 5.74) is 12.1. The van der Waals surface area contributed by atoms with E-state index in [2.05, 4.69) is 93.5 Å². The van der Waals surface area contributed by atoms with E-state index in [1.54, 1.807) is 11.2 Å². The molecule has 10 heteroatoms. The Kier molecular flexibility index (Phi) is 17.5. The smallest absolute Gasteiger partial charge is 0.345 e. The van der Waals surface area contributed by atoms with Crippen molar-refractivity contribution in [2.24, 2.45) is 0 Å². The number of carbonyl (C=O) groups is 2. The van der Waals surface area contributed by atoms with Crippen molar-refractivity contribution >= 4 is 24.0 Å². The second-order valence-corrected chi connectivity index (χ2v) is 10.8. The van der Waals surface area contributed by atoms with Crippen LogP contribution < -0.4 is 15.6 Å². The number of hydrogen-bond donors (Lipinski definition) is 2. The summed E-state index contributed by atoms with van der Waals surface area (Å²) in [6.07, 6.45) is 10.1. The van der Waals surface area contributed by atoms with Gasteiger partial charge in [-0.2, -0.15) is 8.78 Å². The SMILES string of the molecule is C=CNCC(=O)N(CCCCC=O)NC/C(C)=C/c1cnccc1C.COC(F)F.Cc1cccc(N2Cc3ccccc3C2)c1. The van der Waals surface area contributed by atoms with Crippen LogP contribution >= 0.6 is 0 Å². The van der Waals surface area contributed by atoms with Crippen LogP contribution in [0.5, 0.6) is 0 Å². The van der Waals surface area contributed by atoms with E-state index in [-0.39, 0.29) is 12.5 Å². The molecule has 0 bridgehead atoms. The van der Waals surface area contributed by atoms with Gasteiger partial charge in [-0.05, 0) is 85.8 Å². The second-order valence-electron chi connectivity index (χ2n) is 10.8. The van der Waals surface area contributed by atoms with Gasteiger partial charge in [-0.3, -0.25) is 14.8 Å². The number of benzene rings is 2. The normalized spacial score (nSPS) is 11.9. The Morgan fingerprint density at radius 1 is 1.09 bits per heavy atom. The zero-order chi connectivity index (χ0) is 33.7. The van der Waals surface area contributed by atoms with Crippen LogP contribution in [-0.4, -0.2) is 55.5 Å². The number of methoxy groups -OCH3 is 1. The number of anilines is 1. The highest BCUT2D eigenvalue weighted by molar-refractivity contribution is 5.78. The van der Waals surface area contributed by atoms with Gasteiger partial charge < -0.3 is 19.7 Å². The largest absolute Gasteiger partial charge is 0.383 e. The monoisotopic (exact) mass is 635 g/mol. The maximum absolute atomic E-state index is 12.2. The molecule has 0 radical (unpaired) electrons. The molecule has 2 heterocycles. The Bertz CT molecular complexity index is 1370. The lowest BCUT2D eigenvalue weighted by molar-refractivity contribution is -0.133. The average Bonchev–Trinajstić information content (AvgIpc) is 3.50. The fraction of sp³-hybridized carbons (Fsp3) is 0.361. The number of nitrogens with one attached hydrogen (secondary N) is 2. The number of aromatic nitrogens is 1. The quantitative estimate of drug-likeness (QED) is 0.117. The van der Waals surface area contributed by atoms with Gasteiger partial charge in [0.15, 0.2) is 0 Å². The molecule has 0 spiro atoms. The average molecular weight is 636 g/mol. The van der Waals surface area contributed by atoms with Crippen LogP contribution in [0.25, 0.3) is 6.08 Å². The summed E-state index contributed by atoms with van der Waals surface area (Å²) in [5, 5.41) is 4.42. The number of ether oxygens (including phenoxy) is 1. The molecule has 0 fully saturated rings. The zero-order valence-electron chi connectivity index (χ0n) is 27.3. The predicted octanol–water partition coefficient (Wildman–Crippen LogP) is 6.60. The molecule has 3 aromatic rings. The Morgan fingerprint density at radius 3 is 2.37 bits per heavy atom. The molecule has 2 aromatic carbocycles. The molecule has 248 valence electrons. The van der Waals surface area contributed by atoms with Crippen LogP contribution in [0, 0.1) is 13.8 Å². The number of nitrogens with zero attached hydrogens (tertiary/aromatic N) is 3. The fourth-order valence-corrected chi connectivity index (χ4v) is 4.55. The van der Waals surface area contributed by atoms with Crippen molar-refractivity contribution in [3.63, 3.8) is 0 Å². The molecule has 1 aliphatic rings. The summed E-state index contributed by atoms with van der Waals surface area (Å²) >= 11 is 0. The highest BCUT2D eigenvalue weighted by atomic mass is 19.3. The first-order chi connectivity index (χ1) is 22.2. The van der Waals surface area contributed by atoms with Crippen molar-refractivity contribution < 1.29 is 23.1 Å². The van der Waals surface area contributed by atoms with E-state index in [0.717, 1.165) is 56.0 Å². The highest BCUT2D eigenvalue weighted by Gasteiger charge is 2.18. The number of aryl methyl sites for hydroxylation is 2. The van der Waals surface area contributed by atoms with Crippen LogP contribution in [0.3, 0.4) is 0 Å². The van der Waals surface area contributed by atoms with Gasteiger partial charge in [0.05, 0.1) is 6.54 Å². The van der Waals surface area contributed by atoms with E-state index in [4.69, 9.17) is 0 Å². The predicted molar refractivity (Wildman–Crippen MR) is 181 cm³/mol. The van der Waals surface area contributed by atoms with Gasteiger partial charge in [0.1, 0.15) is 6.29 Å². The lowest BCUT2D eigenvalue weighted by Gasteiger charge is -2.24. The van der Waals surface area contributed by atoms with Crippen LogP contribution in [0.2, 0.25) is 0 Å². The minimum Gasteiger partial charge on any atom is -0.383 e. The molecular weight excluding hydrogens is 588 g/mol. The van der Waals surface area contributed by atoms with E-state index in [1.807, 2.05) is 26.1 Å². The number of alkyl halides is 2. The zero-order valence-corrected chi connectivity index (χ0v) is 27.3. The van der Waals surface area contributed by atoms with Crippen molar-refractivity contribution in [2.75, 3.05) is 31.6 Å². The van der Waals surface area contributed by atoms with Crippen molar-refractivity contribution in [1.29, 1.82) is 0 Å². The van der Waals surface area contributed by atoms with E-state index in [9.17, 15) is 18.4 Å². The molecule has 8 nitrogen and oxygen atoms in total. The van der Waals surface area contributed by atoms with E-state index in [1.165, 1.54) is 28.6 Å². The Hall–Kier alpha value is -4.41. The lowest BCUT2D eigenvalue weighted by atomic mass is 10.1. The number of hydrazine groups is 1. The van der Waals surface area contributed by atoms with Crippen molar-refractivity contribution in [3.05, 3.63) is 113 Å². The molecule has 0 aliphatic carbocycles. The van der Waals surface area contributed by atoms with Crippen molar-refractivity contribution in [3.8, 4) is 0 Å². The lowest BCUT2D eigenvalue weighted by Crippen LogP contribution is -2.47. The number of fused-ring (bicyclic) bond motifs is 1. The van der Waals surface area contributed by atoms with E-state index in [0.29, 0.717) is 19.5 Å².